The van der Waals surface area contributed by atoms with Crippen LogP contribution in [0, 0.1) is 0 Å². The summed E-state index contributed by atoms with van der Waals surface area (Å²) in [7, 11) is 1.95. The van der Waals surface area contributed by atoms with E-state index in [9.17, 15) is 4.79 Å². The first-order valence-corrected chi connectivity index (χ1v) is 12.5. The molecule has 5 heteroatoms. The van der Waals surface area contributed by atoms with Gasteiger partial charge in [-0.05, 0) is 25.0 Å². The summed E-state index contributed by atoms with van der Waals surface area (Å²) in [6, 6.07) is 9.82. The minimum atomic E-state index is -1.24. The minimum absolute atomic E-state index is 0.129. The second-order valence-electron chi connectivity index (χ2n) is 8.95. The van der Waals surface area contributed by atoms with Crippen LogP contribution in [0.5, 0.6) is 0 Å². The zero-order valence-electron chi connectivity index (χ0n) is 20.0. The number of benzene rings is 1. The number of aliphatic imine (C=N–C) groups is 1. The Morgan fingerprint density at radius 2 is 1.23 bits per heavy atom. The van der Waals surface area contributed by atoms with Gasteiger partial charge in [0, 0.05) is 0 Å². The Morgan fingerprint density at radius 3 is 1.65 bits per heavy atom. The van der Waals surface area contributed by atoms with E-state index in [0.29, 0.717) is 0 Å². The number of guanidine groups is 1. The second-order valence-corrected chi connectivity index (χ2v) is 8.95. The van der Waals surface area contributed by atoms with E-state index in [1.54, 1.807) is 0 Å². The van der Waals surface area contributed by atoms with Crippen molar-refractivity contribution in [2.45, 2.75) is 103 Å². The Balaban J connectivity index is 2.17. The molecule has 1 atom stereocenters. The van der Waals surface area contributed by atoms with Crippen molar-refractivity contribution in [3.8, 4) is 0 Å². The monoisotopic (exact) mass is 432 g/mol. The lowest BCUT2D eigenvalue weighted by atomic mass is 10.0. The summed E-state index contributed by atoms with van der Waals surface area (Å²) in [6.07, 6.45) is 18.6. The van der Waals surface area contributed by atoms with Crippen molar-refractivity contribution in [3.05, 3.63) is 30.3 Å². The van der Waals surface area contributed by atoms with Gasteiger partial charge in [0.1, 0.15) is 5.69 Å². The first kappa shape index (κ1) is 27.2. The second kappa shape index (κ2) is 16.8. The Labute approximate surface area is 190 Å². The van der Waals surface area contributed by atoms with Gasteiger partial charge in [0.25, 0.3) is 0 Å². The van der Waals surface area contributed by atoms with Gasteiger partial charge >= 0.3 is 12.1 Å². The Bertz CT molecular complexity index is 618. The molecule has 1 rings (SSSR count). The van der Waals surface area contributed by atoms with Crippen molar-refractivity contribution < 1.29 is 9.90 Å². The number of amides is 1. The highest BCUT2D eigenvalue weighted by atomic mass is 16.4. The molecule has 0 spiro atoms. The standard InChI is InChI=1S/C26H45N3O2/c1-3-4-5-6-7-8-9-10-11-12-13-14-15-16-20-23-29(2,25(27)28-26(30)31)24-21-18-17-19-22-24/h17-19,21-22H,3-16,20,23H2,1-2H3,(H2-,27,28,30,31)/p+1. The molecule has 0 radical (unpaired) electrons. The Kier molecular flexibility index (Phi) is 14.7. The predicted octanol–water partition coefficient (Wildman–Crippen LogP) is 7.49. The molecule has 1 aromatic rings. The number of unbranched alkanes of at least 4 members (excludes halogenated alkanes) is 14. The zero-order valence-corrected chi connectivity index (χ0v) is 20.0. The van der Waals surface area contributed by atoms with Crippen LogP contribution in [-0.4, -0.2) is 30.8 Å². The minimum Gasteiger partial charge on any atom is -0.463 e. The topological polar surface area (TPSA) is 75.7 Å². The molecule has 0 saturated carbocycles. The number of rotatable bonds is 17. The predicted molar refractivity (Wildman–Crippen MR) is 134 cm³/mol. The number of nitrogens with two attached hydrogens (primary N) is 1. The molecule has 0 aliphatic heterocycles. The summed E-state index contributed by atoms with van der Waals surface area (Å²) >= 11 is 0. The van der Waals surface area contributed by atoms with E-state index in [1.165, 1.54) is 83.5 Å². The molecule has 5 nitrogen and oxygen atoms in total. The van der Waals surface area contributed by atoms with Gasteiger partial charge in [-0.3, -0.25) is 0 Å². The van der Waals surface area contributed by atoms with Crippen LogP contribution in [0.2, 0.25) is 0 Å². The molecular formula is C26H46N3O2+. The van der Waals surface area contributed by atoms with Gasteiger partial charge < -0.3 is 10.8 Å². The van der Waals surface area contributed by atoms with Crippen LogP contribution < -0.4 is 10.2 Å². The molecule has 176 valence electrons. The van der Waals surface area contributed by atoms with Crippen LogP contribution >= 0.6 is 0 Å². The number of carboxylic acid groups (broad SMARTS) is 1. The Morgan fingerprint density at radius 1 is 0.806 bits per heavy atom. The molecule has 0 saturated heterocycles. The third-order valence-corrected chi connectivity index (χ3v) is 6.25. The summed E-state index contributed by atoms with van der Waals surface area (Å²) < 4.78 is 0.242. The highest BCUT2D eigenvalue weighted by Gasteiger charge is 2.30. The largest absolute Gasteiger partial charge is 0.463 e. The molecule has 0 aliphatic carbocycles. The Hall–Kier alpha value is -1.88. The van der Waals surface area contributed by atoms with Crippen molar-refractivity contribution in [2.24, 2.45) is 10.7 Å². The van der Waals surface area contributed by atoms with Crippen molar-refractivity contribution in [1.29, 1.82) is 0 Å². The quantitative estimate of drug-likeness (QED) is 0.116. The normalized spacial score (nSPS) is 13.8. The molecule has 1 amide bonds. The highest BCUT2D eigenvalue weighted by molar-refractivity contribution is 5.95. The van der Waals surface area contributed by atoms with Crippen LogP contribution in [0.3, 0.4) is 0 Å². The lowest BCUT2D eigenvalue weighted by Gasteiger charge is -2.31. The third kappa shape index (κ3) is 11.9. The van der Waals surface area contributed by atoms with Crippen molar-refractivity contribution in [1.82, 2.24) is 4.48 Å². The van der Waals surface area contributed by atoms with Crippen LogP contribution in [0.4, 0.5) is 10.5 Å². The van der Waals surface area contributed by atoms with Gasteiger partial charge in [-0.2, -0.15) is 0 Å². The first-order valence-electron chi connectivity index (χ1n) is 12.5. The van der Waals surface area contributed by atoms with E-state index in [4.69, 9.17) is 10.8 Å². The number of hydrogen-bond acceptors (Lipinski definition) is 1. The first-order chi connectivity index (χ1) is 15.0. The van der Waals surface area contributed by atoms with E-state index in [-0.39, 0.29) is 10.4 Å². The zero-order chi connectivity index (χ0) is 22.8. The molecule has 0 heterocycles. The number of quaternary nitrogens is 1. The fraction of sp³-hybridized carbons (Fsp3) is 0.692. The van der Waals surface area contributed by atoms with Gasteiger partial charge in [-0.15, -0.1) is 4.99 Å². The van der Waals surface area contributed by atoms with Crippen LogP contribution in [0.1, 0.15) is 103 Å². The summed E-state index contributed by atoms with van der Waals surface area (Å²) in [5.74, 6) is 0.129. The van der Waals surface area contributed by atoms with Gasteiger partial charge in [0.05, 0.1) is 13.6 Å². The lowest BCUT2D eigenvalue weighted by Crippen LogP contribution is -2.55. The van der Waals surface area contributed by atoms with E-state index >= 15 is 0 Å². The van der Waals surface area contributed by atoms with E-state index in [2.05, 4.69) is 11.9 Å². The van der Waals surface area contributed by atoms with Gasteiger partial charge in [-0.25, -0.2) is 9.28 Å². The van der Waals surface area contributed by atoms with Gasteiger partial charge in [0.2, 0.25) is 0 Å². The molecule has 1 unspecified atom stereocenters. The van der Waals surface area contributed by atoms with Gasteiger partial charge in [0.15, 0.2) is 0 Å². The highest BCUT2D eigenvalue weighted by Crippen LogP contribution is 2.22. The van der Waals surface area contributed by atoms with Crippen molar-refractivity contribution in [3.63, 3.8) is 0 Å². The van der Waals surface area contributed by atoms with Crippen LogP contribution in [-0.2, 0) is 0 Å². The van der Waals surface area contributed by atoms with Crippen LogP contribution in [0.25, 0.3) is 0 Å². The maximum Gasteiger partial charge on any atom is 0.437 e. The number of carbonyl (C=O) groups is 1. The molecule has 31 heavy (non-hydrogen) atoms. The van der Waals surface area contributed by atoms with Gasteiger partial charge in [-0.1, -0.05) is 109 Å². The molecule has 0 aliphatic rings. The lowest BCUT2D eigenvalue weighted by molar-refractivity contribution is 0.205. The smallest absolute Gasteiger partial charge is 0.437 e. The van der Waals surface area contributed by atoms with E-state index in [0.717, 1.165) is 25.1 Å². The SMILES string of the molecule is CCCCCCCCCCCCCCCCC[N+](C)(C(N)=NC(=O)O)c1ccccc1. The summed E-state index contributed by atoms with van der Waals surface area (Å²) in [6.45, 7) is 3.03. The maximum absolute atomic E-state index is 11.0. The van der Waals surface area contributed by atoms with E-state index in [1.807, 2.05) is 37.4 Å². The van der Waals surface area contributed by atoms with E-state index < -0.39 is 6.09 Å². The molecular weight excluding hydrogens is 386 g/mol. The average Bonchev–Trinajstić information content (AvgIpc) is 2.76. The number of nitrogens with zero attached hydrogens (tertiary/aromatic N) is 2. The molecule has 1 aromatic carbocycles. The van der Waals surface area contributed by atoms with Crippen LogP contribution in [0.15, 0.2) is 35.3 Å². The van der Waals surface area contributed by atoms with Crippen molar-refractivity contribution >= 4 is 17.7 Å². The molecule has 0 fully saturated rings. The summed E-state index contributed by atoms with van der Waals surface area (Å²) in [5.41, 5.74) is 7.06. The van der Waals surface area contributed by atoms with Crippen molar-refractivity contribution in [2.75, 3.05) is 13.6 Å². The summed E-state index contributed by atoms with van der Waals surface area (Å²) in [4.78, 5) is 14.6. The molecule has 0 aromatic heterocycles. The summed E-state index contributed by atoms with van der Waals surface area (Å²) in [5, 5.41) is 9.02. The molecule has 0 bridgehead atoms. The fourth-order valence-electron chi connectivity index (χ4n) is 4.14. The maximum atomic E-state index is 11.0. The fourth-order valence-corrected chi connectivity index (χ4v) is 4.14. The number of hydrogen-bond donors (Lipinski definition) is 2. The third-order valence-electron chi connectivity index (χ3n) is 6.25. The number of para-hydroxylation sites is 1. The average molecular weight is 433 g/mol. The molecule has 3 N–H and O–H groups in total.